The molecule has 3 amide bonds. The summed E-state index contributed by atoms with van der Waals surface area (Å²) in [4.78, 5) is 25.8. The number of carbonyl (C=O) groups is 2. The van der Waals surface area contributed by atoms with Crippen LogP contribution in [0.1, 0.15) is 24.8 Å². The van der Waals surface area contributed by atoms with Crippen LogP contribution in [0.3, 0.4) is 0 Å². The molecule has 1 saturated heterocycles. The fourth-order valence-electron chi connectivity index (χ4n) is 2.78. The second-order valence-electron chi connectivity index (χ2n) is 5.85. The normalized spacial score (nSPS) is 14.3. The Kier molecular flexibility index (Phi) is 5.11. The minimum Gasteiger partial charge on any atom is -0.334 e. The third kappa shape index (κ3) is 4.13. The Bertz CT molecular complexity index is 716. The van der Waals surface area contributed by atoms with Crippen LogP contribution in [0.15, 0.2) is 54.6 Å². The summed E-state index contributed by atoms with van der Waals surface area (Å²) in [5.74, 6) is 0.145. The topological polar surface area (TPSA) is 61.4 Å². The average molecular weight is 323 g/mol. The van der Waals surface area contributed by atoms with Crippen molar-refractivity contribution < 1.29 is 9.59 Å². The van der Waals surface area contributed by atoms with Gasteiger partial charge < -0.3 is 15.5 Å². The summed E-state index contributed by atoms with van der Waals surface area (Å²) in [6, 6.07) is 16.9. The molecule has 24 heavy (non-hydrogen) atoms. The zero-order valence-corrected chi connectivity index (χ0v) is 13.5. The molecule has 124 valence electrons. The Balaban J connectivity index is 1.59. The van der Waals surface area contributed by atoms with Gasteiger partial charge in [-0.05, 0) is 36.6 Å². The fourth-order valence-corrected chi connectivity index (χ4v) is 2.78. The van der Waals surface area contributed by atoms with Crippen LogP contribution in [0.5, 0.6) is 0 Å². The van der Waals surface area contributed by atoms with Gasteiger partial charge in [-0.15, -0.1) is 0 Å². The first-order chi connectivity index (χ1) is 11.7. The van der Waals surface area contributed by atoms with Crippen LogP contribution in [0.25, 0.3) is 0 Å². The lowest BCUT2D eigenvalue weighted by atomic mass is 10.1. The molecule has 5 nitrogen and oxygen atoms in total. The van der Waals surface area contributed by atoms with Crippen molar-refractivity contribution in [2.45, 2.75) is 25.8 Å². The van der Waals surface area contributed by atoms with Gasteiger partial charge in [0.25, 0.3) is 0 Å². The molecular formula is C19H21N3O2. The zero-order valence-electron chi connectivity index (χ0n) is 13.5. The van der Waals surface area contributed by atoms with Gasteiger partial charge in [-0.2, -0.15) is 0 Å². The van der Waals surface area contributed by atoms with Crippen LogP contribution < -0.4 is 15.5 Å². The maximum atomic E-state index is 12.0. The summed E-state index contributed by atoms with van der Waals surface area (Å²) >= 11 is 0. The first kappa shape index (κ1) is 16.1. The molecule has 2 aromatic rings. The third-order valence-electron chi connectivity index (χ3n) is 4.04. The molecule has 1 aliphatic rings. The first-order valence-corrected chi connectivity index (χ1v) is 8.21. The number of hydrogen-bond donors (Lipinski definition) is 2. The maximum Gasteiger partial charge on any atom is 0.319 e. The lowest BCUT2D eigenvalue weighted by molar-refractivity contribution is -0.119. The van der Waals surface area contributed by atoms with E-state index in [1.54, 1.807) is 4.90 Å². The van der Waals surface area contributed by atoms with Gasteiger partial charge in [0, 0.05) is 30.9 Å². The van der Waals surface area contributed by atoms with E-state index in [4.69, 9.17) is 0 Å². The van der Waals surface area contributed by atoms with Gasteiger partial charge in [0.05, 0.1) is 0 Å². The van der Waals surface area contributed by atoms with Crippen molar-refractivity contribution in [2.75, 3.05) is 16.8 Å². The highest BCUT2D eigenvalue weighted by Crippen LogP contribution is 2.23. The van der Waals surface area contributed by atoms with Crippen molar-refractivity contribution in [3.63, 3.8) is 0 Å². The van der Waals surface area contributed by atoms with Gasteiger partial charge in [0.1, 0.15) is 0 Å². The Morgan fingerprint density at radius 1 is 1.04 bits per heavy atom. The van der Waals surface area contributed by atoms with Gasteiger partial charge in [-0.1, -0.05) is 36.4 Å². The van der Waals surface area contributed by atoms with Gasteiger partial charge >= 0.3 is 6.03 Å². The molecule has 0 saturated carbocycles. The van der Waals surface area contributed by atoms with Gasteiger partial charge in [-0.3, -0.25) is 4.79 Å². The second kappa shape index (κ2) is 7.64. The number of hydrogen-bond acceptors (Lipinski definition) is 2. The summed E-state index contributed by atoms with van der Waals surface area (Å²) in [6.45, 7) is 1.21. The van der Waals surface area contributed by atoms with Gasteiger partial charge in [0.15, 0.2) is 0 Å². The number of piperidine rings is 1. The van der Waals surface area contributed by atoms with Crippen molar-refractivity contribution >= 4 is 23.3 Å². The van der Waals surface area contributed by atoms with Crippen LogP contribution in [-0.2, 0) is 11.3 Å². The molecular weight excluding hydrogens is 302 g/mol. The van der Waals surface area contributed by atoms with Crippen molar-refractivity contribution in [3.05, 3.63) is 60.2 Å². The van der Waals surface area contributed by atoms with Gasteiger partial charge in [-0.25, -0.2) is 4.79 Å². The number of carbonyl (C=O) groups excluding carboxylic acids is 2. The molecule has 1 aliphatic heterocycles. The highest BCUT2D eigenvalue weighted by Gasteiger charge is 2.19. The maximum absolute atomic E-state index is 12.0. The number of rotatable bonds is 4. The SMILES string of the molecule is O=C(NCc1ccccc1)Nc1cccc(N2CCCCC2=O)c1. The first-order valence-electron chi connectivity index (χ1n) is 8.21. The molecule has 1 heterocycles. The number of urea groups is 1. The molecule has 2 N–H and O–H groups in total. The van der Waals surface area contributed by atoms with Crippen molar-refractivity contribution in [2.24, 2.45) is 0 Å². The largest absolute Gasteiger partial charge is 0.334 e. The van der Waals surface area contributed by atoms with Crippen LogP contribution in [0.4, 0.5) is 16.2 Å². The van der Waals surface area contributed by atoms with E-state index in [2.05, 4.69) is 10.6 Å². The highest BCUT2D eigenvalue weighted by atomic mass is 16.2. The predicted octanol–water partition coefficient (Wildman–Crippen LogP) is 3.53. The smallest absolute Gasteiger partial charge is 0.319 e. The number of amides is 3. The molecule has 0 bridgehead atoms. The van der Waals surface area contributed by atoms with Gasteiger partial charge in [0.2, 0.25) is 5.91 Å². The van der Waals surface area contributed by atoms with E-state index in [0.717, 1.165) is 30.6 Å². The molecule has 0 aliphatic carbocycles. The summed E-state index contributed by atoms with van der Waals surface area (Å²) in [5.41, 5.74) is 2.55. The zero-order chi connectivity index (χ0) is 16.8. The Morgan fingerprint density at radius 3 is 2.67 bits per heavy atom. The molecule has 0 radical (unpaired) electrons. The number of anilines is 2. The molecule has 0 aromatic heterocycles. The van der Waals surface area contributed by atoms with E-state index >= 15 is 0 Å². The van der Waals surface area contributed by atoms with E-state index in [-0.39, 0.29) is 11.9 Å². The van der Waals surface area contributed by atoms with E-state index in [1.807, 2.05) is 54.6 Å². The second-order valence-corrected chi connectivity index (χ2v) is 5.85. The van der Waals surface area contributed by atoms with Crippen LogP contribution in [0, 0.1) is 0 Å². The molecule has 3 rings (SSSR count). The predicted molar refractivity (Wildman–Crippen MR) is 94.9 cm³/mol. The summed E-state index contributed by atoms with van der Waals surface area (Å²) < 4.78 is 0. The Labute approximate surface area is 141 Å². The van der Waals surface area contributed by atoms with Crippen LogP contribution in [0.2, 0.25) is 0 Å². The summed E-state index contributed by atoms with van der Waals surface area (Å²) in [7, 11) is 0. The number of nitrogens with one attached hydrogen (secondary N) is 2. The van der Waals surface area contributed by atoms with Crippen molar-refractivity contribution in [1.82, 2.24) is 5.32 Å². The molecule has 1 fully saturated rings. The summed E-state index contributed by atoms with van der Waals surface area (Å²) in [6.07, 6.45) is 2.56. The molecule has 0 spiro atoms. The summed E-state index contributed by atoms with van der Waals surface area (Å²) in [5, 5.41) is 5.64. The van der Waals surface area contributed by atoms with Crippen molar-refractivity contribution in [3.8, 4) is 0 Å². The molecule has 5 heteroatoms. The van der Waals surface area contributed by atoms with Crippen molar-refractivity contribution in [1.29, 1.82) is 0 Å². The monoisotopic (exact) mass is 323 g/mol. The standard InChI is InChI=1S/C19H21N3O2/c23-18-11-4-5-12-22(18)17-10-6-9-16(13-17)21-19(24)20-14-15-7-2-1-3-8-15/h1-3,6-10,13H,4-5,11-12,14H2,(H2,20,21,24). The van der Waals surface area contributed by atoms with Crippen LogP contribution >= 0.6 is 0 Å². The van der Waals surface area contributed by atoms with Crippen LogP contribution in [-0.4, -0.2) is 18.5 Å². The highest BCUT2D eigenvalue weighted by molar-refractivity contribution is 5.95. The van der Waals surface area contributed by atoms with E-state index < -0.39 is 0 Å². The average Bonchev–Trinajstić information content (AvgIpc) is 2.61. The van der Waals surface area contributed by atoms with E-state index in [1.165, 1.54) is 0 Å². The molecule has 0 unspecified atom stereocenters. The lowest BCUT2D eigenvalue weighted by Crippen LogP contribution is -2.35. The molecule has 2 aromatic carbocycles. The Hall–Kier alpha value is -2.82. The molecule has 0 atom stereocenters. The van der Waals surface area contributed by atoms with E-state index in [9.17, 15) is 9.59 Å². The number of nitrogens with zero attached hydrogens (tertiary/aromatic N) is 1. The number of benzene rings is 2. The minimum absolute atomic E-state index is 0.145. The van der Waals surface area contributed by atoms with E-state index in [0.29, 0.717) is 18.7 Å². The quantitative estimate of drug-likeness (QED) is 0.904. The fraction of sp³-hybridized carbons (Fsp3) is 0.263. The lowest BCUT2D eigenvalue weighted by Gasteiger charge is -2.27. The minimum atomic E-state index is -0.263. The Morgan fingerprint density at radius 2 is 1.88 bits per heavy atom. The third-order valence-corrected chi connectivity index (χ3v) is 4.04.